The smallest absolute Gasteiger partial charge is 0.253 e. The molecule has 2 aromatic rings. The highest BCUT2D eigenvalue weighted by atomic mass is 16.5. The predicted octanol–water partition coefficient (Wildman–Crippen LogP) is 1.70. The van der Waals surface area contributed by atoms with Crippen LogP contribution in [0.4, 0.5) is 5.69 Å². The van der Waals surface area contributed by atoms with Crippen molar-refractivity contribution in [1.82, 2.24) is 15.2 Å². The lowest BCUT2D eigenvalue weighted by molar-refractivity contribution is -0.129. The molecule has 1 aliphatic rings. The molecular weight excluding hydrogens is 372 g/mol. The van der Waals surface area contributed by atoms with E-state index in [4.69, 9.17) is 9.47 Å². The Balaban J connectivity index is 1.62. The summed E-state index contributed by atoms with van der Waals surface area (Å²) in [6, 6.07) is 7.36. The number of ether oxygens (including phenoxy) is 2. The van der Waals surface area contributed by atoms with Crippen LogP contribution in [0.15, 0.2) is 36.7 Å². The van der Waals surface area contributed by atoms with Gasteiger partial charge in [0.1, 0.15) is 0 Å². The summed E-state index contributed by atoms with van der Waals surface area (Å²) in [4.78, 5) is 32.3. The lowest BCUT2D eigenvalue weighted by atomic mass is 10.2. The average Bonchev–Trinajstić information content (AvgIpc) is 2.77. The zero-order chi connectivity index (χ0) is 20.8. The third-order valence-corrected chi connectivity index (χ3v) is 4.98. The minimum atomic E-state index is -0.198. The second kappa shape index (κ2) is 9.27. The molecule has 29 heavy (non-hydrogen) atoms. The molecule has 0 radical (unpaired) electrons. The monoisotopic (exact) mass is 398 g/mol. The van der Waals surface area contributed by atoms with Crippen molar-refractivity contribution in [3.05, 3.63) is 47.8 Å². The first-order chi connectivity index (χ1) is 14.0. The van der Waals surface area contributed by atoms with Crippen LogP contribution in [0.5, 0.6) is 11.5 Å². The van der Waals surface area contributed by atoms with Gasteiger partial charge in [0, 0.05) is 45.8 Å². The number of pyridine rings is 1. The molecule has 0 unspecified atom stereocenters. The molecular formula is C21H26N4O4. The Morgan fingerprint density at radius 2 is 1.76 bits per heavy atom. The Morgan fingerprint density at radius 1 is 1.03 bits per heavy atom. The molecule has 1 aliphatic heterocycles. The van der Waals surface area contributed by atoms with Crippen LogP contribution in [0.3, 0.4) is 0 Å². The van der Waals surface area contributed by atoms with Crippen molar-refractivity contribution in [2.45, 2.75) is 13.5 Å². The summed E-state index contributed by atoms with van der Waals surface area (Å²) in [5, 5.41) is 2.91. The SMILES string of the molecule is COc1ccc(CNC(=O)c2cncc(N3CCN(C(C)=O)CC3)c2)cc1OC. The minimum absolute atomic E-state index is 0.0889. The zero-order valence-electron chi connectivity index (χ0n) is 17.0. The standard InChI is InChI=1S/C21H26N4O4/c1-15(26)24-6-8-25(9-7-24)18-11-17(13-22-14-18)21(27)23-12-16-4-5-19(28-2)20(10-16)29-3/h4-5,10-11,13-14H,6-9,12H2,1-3H3,(H,23,27). The molecule has 0 bridgehead atoms. The Kier molecular flexibility index (Phi) is 6.54. The predicted molar refractivity (Wildman–Crippen MR) is 109 cm³/mol. The van der Waals surface area contributed by atoms with E-state index in [1.807, 2.05) is 29.2 Å². The molecule has 8 heteroatoms. The number of rotatable bonds is 6. The van der Waals surface area contributed by atoms with Crippen molar-refractivity contribution in [1.29, 1.82) is 0 Å². The minimum Gasteiger partial charge on any atom is -0.493 e. The number of hydrogen-bond acceptors (Lipinski definition) is 6. The van der Waals surface area contributed by atoms with Gasteiger partial charge in [-0.1, -0.05) is 6.07 Å². The van der Waals surface area contributed by atoms with Gasteiger partial charge in [-0.2, -0.15) is 0 Å². The number of benzene rings is 1. The summed E-state index contributed by atoms with van der Waals surface area (Å²) in [6.45, 7) is 4.73. The van der Waals surface area contributed by atoms with Crippen LogP contribution >= 0.6 is 0 Å². The van der Waals surface area contributed by atoms with Gasteiger partial charge in [0.05, 0.1) is 31.7 Å². The lowest BCUT2D eigenvalue weighted by Crippen LogP contribution is -2.48. The van der Waals surface area contributed by atoms with Crippen molar-refractivity contribution < 1.29 is 19.1 Å². The van der Waals surface area contributed by atoms with Crippen molar-refractivity contribution in [3.63, 3.8) is 0 Å². The van der Waals surface area contributed by atoms with Crippen molar-refractivity contribution in [2.75, 3.05) is 45.3 Å². The van der Waals surface area contributed by atoms with Crippen LogP contribution in [0.1, 0.15) is 22.8 Å². The quantitative estimate of drug-likeness (QED) is 0.797. The number of amides is 2. The van der Waals surface area contributed by atoms with Gasteiger partial charge < -0.3 is 24.6 Å². The van der Waals surface area contributed by atoms with E-state index in [9.17, 15) is 9.59 Å². The molecule has 0 atom stereocenters. The number of anilines is 1. The van der Waals surface area contributed by atoms with Crippen molar-refractivity contribution >= 4 is 17.5 Å². The summed E-state index contributed by atoms with van der Waals surface area (Å²) < 4.78 is 10.5. The highest BCUT2D eigenvalue weighted by Crippen LogP contribution is 2.27. The molecule has 1 saturated heterocycles. The molecule has 1 N–H and O–H groups in total. The summed E-state index contributed by atoms with van der Waals surface area (Å²) in [5.41, 5.74) is 2.28. The van der Waals surface area contributed by atoms with E-state index in [-0.39, 0.29) is 11.8 Å². The highest BCUT2D eigenvalue weighted by Gasteiger charge is 2.20. The first kappa shape index (κ1) is 20.4. The van der Waals surface area contributed by atoms with Gasteiger partial charge in [-0.25, -0.2) is 0 Å². The number of carbonyl (C=O) groups is 2. The van der Waals surface area contributed by atoms with Crippen molar-refractivity contribution in [3.8, 4) is 11.5 Å². The summed E-state index contributed by atoms with van der Waals surface area (Å²) in [7, 11) is 3.16. The van der Waals surface area contributed by atoms with Gasteiger partial charge in [-0.3, -0.25) is 14.6 Å². The van der Waals surface area contributed by atoms with E-state index in [0.29, 0.717) is 36.7 Å². The maximum Gasteiger partial charge on any atom is 0.253 e. The summed E-state index contributed by atoms with van der Waals surface area (Å²) in [6.07, 6.45) is 3.30. The largest absolute Gasteiger partial charge is 0.493 e. The molecule has 1 aromatic carbocycles. The van der Waals surface area contributed by atoms with Gasteiger partial charge >= 0.3 is 0 Å². The summed E-state index contributed by atoms with van der Waals surface area (Å²) in [5.74, 6) is 1.15. The van der Waals surface area contributed by atoms with Crippen LogP contribution in [0, 0.1) is 0 Å². The van der Waals surface area contributed by atoms with Gasteiger partial charge in [-0.15, -0.1) is 0 Å². The maximum atomic E-state index is 12.6. The van der Waals surface area contributed by atoms with Gasteiger partial charge in [0.2, 0.25) is 5.91 Å². The number of nitrogens with one attached hydrogen (secondary N) is 1. The molecule has 0 spiro atoms. The zero-order valence-corrected chi connectivity index (χ0v) is 17.0. The Morgan fingerprint density at radius 3 is 2.41 bits per heavy atom. The molecule has 1 aromatic heterocycles. The third-order valence-electron chi connectivity index (χ3n) is 4.98. The van der Waals surface area contributed by atoms with Crippen molar-refractivity contribution in [2.24, 2.45) is 0 Å². The second-order valence-corrected chi connectivity index (χ2v) is 6.80. The maximum absolute atomic E-state index is 12.6. The highest BCUT2D eigenvalue weighted by molar-refractivity contribution is 5.94. The lowest BCUT2D eigenvalue weighted by Gasteiger charge is -2.35. The first-order valence-corrected chi connectivity index (χ1v) is 9.46. The Hall–Kier alpha value is -3.29. The number of piperazine rings is 1. The number of hydrogen-bond donors (Lipinski definition) is 1. The Bertz CT molecular complexity index is 879. The topological polar surface area (TPSA) is 84.0 Å². The fraction of sp³-hybridized carbons (Fsp3) is 0.381. The van der Waals surface area contributed by atoms with Crippen LogP contribution < -0.4 is 19.7 Å². The van der Waals surface area contributed by atoms with Crippen LogP contribution in [0.25, 0.3) is 0 Å². The normalized spacial score (nSPS) is 13.8. The fourth-order valence-electron chi connectivity index (χ4n) is 3.28. The molecule has 8 nitrogen and oxygen atoms in total. The number of methoxy groups -OCH3 is 2. The molecule has 154 valence electrons. The molecule has 0 saturated carbocycles. The van der Waals surface area contributed by atoms with Crippen LogP contribution in [0.2, 0.25) is 0 Å². The van der Waals surface area contributed by atoms with E-state index < -0.39 is 0 Å². The molecule has 0 aliphatic carbocycles. The van der Waals surface area contributed by atoms with E-state index in [2.05, 4.69) is 15.2 Å². The fourth-order valence-corrected chi connectivity index (χ4v) is 3.28. The third kappa shape index (κ3) is 4.96. The number of carbonyl (C=O) groups excluding carboxylic acids is 2. The average molecular weight is 398 g/mol. The van der Waals surface area contributed by atoms with Gasteiger partial charge in [-0.05, 0) is 23.8 Å². The number of aromatic nitrogens is 1. The first-order valence-electron chi connectivity index (χ1n) is 9.46. The Labute approximate surface area is 170 Å². The summed E-state index contributed by atoms with van der Waals surface area (Å²) >= 11 is 0. The van der Waals surface area contributed by atoms with Gasteiger partial charge in [0.25, 0.3) is 5.91 Å². The van der Waals surface area contributed by atoms with E-state index in [1.54, 1.807) is 33.5 Å². The molecule has 2 heterocycles. The molecule has 2 amide bonds. The van der Waals surface area contributed by atoms with E-state index in [0.717, 1.165) is 24.3 Å². The van der Waals surface area contributed by atoms with E-state index in [1.165, 1.54) is 0 Å². The molecule has 1 fully saturated rings. The van der Waals surface area contributed by atoms with Crippen LogP contribution in [-0.2, 0) is 11.3 Å². The second-order valence-electron chi connectivity index (χ2n) is 6.80. The van der Waals surface area contributed by atoms with Gasteiger partial charge in [0.15, 0.2) is 11.5 Å². The van der Waals surface area contributed by atoms with E-state index >= 15 is 0 Å². The molecule has 3 rings (SSSR count). The van der Waals surface area contributed by atoms with Crippen LogP contribution in [-0.4, -0.2) is 62.1 Å². The number of nitrogens with zero attached hydrogens (tertiary/aromatic N) is 3.